The Balaban J connectivity index is 2.25. The Hall–Kier alpha value is -0.180. The molecule has 64 valence electrons. The summed E-state index contributed by atoms with van der Waals surface area (Å²) in [6.45, 7) is 0.756. The first-order chi connectivity index (χ1) is 5.29. The van der Waals surface area contributed by atoms with E-state index in [0.29, 0.717) is 8.81 Å². The van der Waals surface area contributed by atoms with Crippen LogP contribution in [0.2, 0.25) is 0 Å². The summed E-state index contributed by atoms with van der Waals surface area (Å²) < 4.78 is 5.19. The fourth-order valence-electron chi connectivity index (χ4n) is 0.930. The van der Waals surface area contributed by atoms with Crippen LogP contribution in [0, 0.1) is 0 Å². The number of rotatable bonds is 2. The van der Waals surface area contributed by atoms with E-state index in [1.54, 1.807) is 0 Å². The maximum atomic E-state index is 10.3. The van der Waals surface area contributed by atoms with Gasteiger partial charge in [0, 0.05) is 15.4 Å². The normalized spacial score (nSPS) is 23.3. The quantitative estimate of drug-likeness (QED) is 0.630. The van der Waals surface area contributed by atoms with Crippen LogP contribution in [0.4, 0.5) is 0 Å². The number of carboxylic acids is 1. The van der Waals surface area contributed by atoms with Crippen molar-refractivity contribution in [1.82, 2.24) is 5.06 Å². The summed E-state index contributed by atoms with van der Waals surface area (Å²) in [6.07, 6.45) is 3.25. The number of nitrogens with zero attached hydrogens (tertiary/aromatic N) is 1. The van der Waals surface area contributed by atoms with Crippen molar-refractivity contribution in [3.05, 3.63) is 0 Å². The van der Waals surface area contributed by atoms with Crippen molar-refractivity contribution in [2.75, 3.05) is 19.3 Å². The second kappa shape index (κ2) is 4.65. The molecule has 0 aliphatic carbocycles. The first-order valence-corrected chi connectivity index (χ1v) is 4.77. The molecule has 0 amide bonds. The van der Waals surface area contributed by atoms with E-state index in [2.05, 4.69) is 0 Å². The van der Waals surface area contributed by atoms with Gasteiger partial charge in [0.2, 0.25) is 0 Å². The highest BCUT2D eigenvalue weighted by atomic mass is 31.1. The predicted octanol–water partition coefficient (Wildman–Crippen LogP) is 0.692. The minimum absolute atomic E-state index is 0.00694. The number of carbonyl (C=O) groups is 1. The third-order valence-electron chi connectivity index (χ3n) is 1.44. The highest BCUT2D eigenvalue weighted by molar-refractivity contribution is 7.32. The maximum Gasteiger partial charge on any atom is 0.320 e. The van der Waals surface area contributed by atoms with Crippen LogP contribution in [0.5, 0.6) is 0 Å². The topological polar surface area (TPSA) is 49.8 Å². The first kappa shape index (κ1) is 8.91. The van der Waals surface area contributed by atoms with Gasteiger partial charge < -0.3 is 5.11 Å². The monoisotopic (exact) mass is 177 g/mol. The molecule has 0 aromatic carbocycles. The van der Waals surface area contributed by atoms with Gasteiger partial charge in [-0.2, -0.15) is 5.06 Å². The molecule has 11 heavy (non-hydrogen) atoms. The van der Waals surface area contributed by atoms with Gasteiger partial charge in [0.05, 0.1) is 0 Å². The van der Waals surface area contributed by atoms with Crippen molar-refractivity contribution in [2.45, 2.75) is 12.8 Å². The molecule has 1 N–H and O–H groups in total. The summed E-state index contributed by atoms with van der Waals surface area (Å²) in [6, 6.07) is 0. The maximum absolute atomic E-state index is 10.3. The molecule has 5 heteroatoms. The molecule has 0 aromatic heterocycles. The van der Waals surface area contributed by atoms with Gasteiger partial charge in [-0.15, -0.1) is 0 Å². The Kier molecular flexibility index (Phi) is 3.77. The van der Waals surface area contributed by atoms with Crippen molar-refractivity contribution in [3.63, 3.8) is 0 Å². The average Bonchev–Trinajstić information content (AvgIpc) is 2.14. The Bertz CT molecular complexity index is 134. The molecular formula is C6H12NO3P. The second-order valence-electron chi connectivity index (χ2n) is 2.45. The van der Waals surface area contributed by atoms with Gasteiger partial charge in [-0.05, 0) is 19.0 Å². The smallest absolute Gasteiger partial charge is 0.320 e. The van der Waals surface area contributed by atoms with Gasteiger partial charge in [-0.3, -0.25) is 9.42 Å². The summed E-state index contributed by atoms with van der Waals surface area (Å²) >= 11 is 0. The molecule has 4 nitrogen and oxygen atoms in total. The van der Waals surface area contributed by atoms with E-state index in [4.69, 9.17) is 9.73 Å². The van der Waals surface area contributed by atoms with Crippen LogP contribution in [-0.2, 0) is 9.42 Å². The Morgan fingerprint density at radius 3 is 3.18 bits per heavy atom. The van der Waals surface area contributed by atoms with Gasteiger partial charge in [-0.1, -0.05) is 0 Å². The molecule has 1 fully saturated rings. The van der Waals surface area contributed by atoms with Gasteiger partial charge in [0.1, 0.15) is 6.54 Å². The number of hydroxylamine groups is 2. The zero-order chi connectivity index (χ0) is 8.10. The van der Waals surface area contributed by atoms with Crippen LogP contribution in [0.25, 0.3) is 0 Å². The molecule has 1 aliphatic rings. The predicted molar refractivity (Wildman–Crippen MR) is 42.7 cm³/mol. The highest BCUT2D eigenvalue weighted by Crippen LogP contribution is 2.20. The van der Waals surface area contributed by atoms with Crippen molar-refractivity contribution >= 4 is 14.8 Å². The molecule has 0 saturated carbocycles. The molecule has 1 atom stereocenters. The van der Waals surface area contributed by atoms with E-state index in [-0.39, 0.29) is 6.54 Å². The highest BCUT2D eigenvalue weighted by Gasteiger charge is 2.12. The number of hydrogen-bond donors (Lipinski definition) is 1. The fourth-order valence-corrected chi connectivity index (χ4v) is 1.75. The van der Waals surface area contributed by atoms with Crippen molar-refractivity contribution in [1.29, 1.82) is 0 Å². The molecule has 1 heterocycles. The lowest BCUT2D eigenvalue weighted by atomic mass is 10.3. The van der Waals surface area contributed by atoms with Gasteiger partial charge in [0.15, 0.2) is 0 Å². The van der Waals surface area contributed by atoms with E-state index in [1.807, 2.05) is 0 Å². The van der Waals surface area contributed by atoms with Crippen LogP contribution >= 0.6 is 8.81 Å². The summed E-state index contributed by atoms with van der Waals surface area (Å²) in [5.74, 6) is -0.822. The van der Waals surface area contributed by atoms with Crippen molar-refractivity contribution in [3.8, 4) is 0 Å². The lowest BCUT2D eigenvalue weighted by molar-refractivity contribution is -0.146. The van der Waals surface area contributed by atoms with Crippen LogP contribution in [0.15, 0.2) is 0 Å². The minimum atomic E-state index is -0.822. The van der Waals surface area contributed by atoms with Crippen LogP contribution in [-0.4, -0.2) is 35.4 Å². The van der Waals surface area contributed by atoms with Crippen LogP contribution in [0.3, 0.4) is 0 Å². The third kappa shape index (κ3) is 3.65. The zero-order valence-electron chi connectivity index (χ0n) is 6.25. The SMILES string of the molecule is O=C(O)CN1CCCCPO1. The Morgan fingerprint density at radius 1 is 1.64 bits per heavy atom. The van der Waals surface area contributed by atoms with E-state index >= 15 is 0 Å². The average molecular weight is 177 g/mol. The largest absolute Gasteiger partial charge is 0.480 e. The molecule has 0 bridgehead atoms. The van der Waals surface area contributed by atoms with E-state index in [0.717, 1.165) is 25.5 Å². The second-order valence-corrected chi connectivity index (χ2v) is 3.42. The zero-order valence-corrected chi connectivity index (χ0v) is 7.25. The van der Waals surface area contributed by atoms with Crippen LogP contribution in [0.1, 0.15) is 12.8 Å². The van der Waals surface area contributed by atoms with Gasteiger partial charge in [0.25, 0.3) is 0 Å². The molecular weight excluding hydrogens is 165 g/mol. The Labute approximate surface area is 67.3 Å². The molecule has 0 radical (unpaired) electrons. The lowest BCUT2D eigenvalue weighted by Crippen LogP contribution is -2.27. The molecule has 1 aliphatic heterocycles. The fraction of sp³-hybridized carbons (Fsp3) is 0.833. The van der Waals surface area contributed by atoms with Gasteiger partial charge >= 0.3 is 5.97 Å². The lowest BCUT2D eigenvalue weighted by Gasteiger charge is -2.15. The van der Waals surface area contributed by atoms with E-state index < -0.39 is 5.97 Å². The number of carboxylic acid groups (broad SMARTS) is 1. The number of aliphatic carboxylic acids is 1. The molecule has 1 saturated heterocycles. The van der Waals surface area contributed by atoms with E-state index in [9.17, 15) is 4.79 Å². The van der Waals surface area contributed by atoms with Gasteiger partial charge in [-0.25, -0.2) is 0 Å². The number of hydrogen-bond acceptors (Lipinski definition) is 3. The minimum Gasteiger partial charge on any atom is -0.480 e. The van der Waals surface area contributed by atoms with Crippen molar-refractivity contribution < 1.29 is 14.5 Å². The summed E-state index contributed by atoms with van der Waals surface area (Å²) in [7, 11) is 0.437. The summed E-state index contributed by atoms with van der Waals surface area (Å²) in [5.41, 5.74) is 0. The summed E-state index contributed by atoms with van der Waals surface area (Å²) in [5, 5.41) is 9.97. The summed E-state index contributed by atoms with van der Waals surface area (Å²) in [4.78, 5) is 10.3. The van der Waals surface area contributed by atoms with Crippen LogP contribution < -0.4 is 0 Å². The molecule has 0 spiro atoms. The standard InChI is InChI=1S/C6H12NO3P/c8-6(9)5-7-3-1-2-4-11-10-7/h11H,1-5H2,(H,8,9). The van der Waals surface area contributed by atoms with Crippen molar-refractivity contribution in [2.24, 2.45) is 0 Å². The molecule has 1 rings (SSSR count). The molecule has 0 aromatic rings. The Morgan fingerprint density at radius 2 is 2.45 bits per heavy atom. The first-order valence-electron chi connectivity index (χ1n) is 3.65. The molecule has 1 unspecified atom stereocenters. The third-order valence-corrected chi connectivity index (χ3v) is 2.39. The van der Waals surface area contributed by atoms with E-state index in [1.165, 1.54) is 5.06 Å².